The second-order valence-corrected chi connectivity index (χ2v) is 8.24. The first-order valence-corrected chi connectivity index (χ1v) is 11.3. The summed E-state index contributed by atoms with van der Waals surface area (Å²) in [6, 6.07) is 23.1. The number of hydrogen-bond donors (Lipinski definition) is 1. The van der Waals surface area contributed by atoms with Gasteiger partial charge < -0.3 is 19.5 Å². The summed E-state index contributed by atoms with van der Waals surface area (Å²) in [6.45, 7) is 0.664. The van der Waals surface area contributed by atoms with Crippen LogP contribution >= 0.6 is 11.5 Å². The fraction of sp³-hybridized carbons (Fsp3) is 0.160. The second-order valence-electron chi connectivity index (χ2n) is 7.53. The molecule has 33 heavy (non-hydrogen) atoms. The average Bonchev–Trinajstić information content (AvgIpc) is 3.48. The Balaban J connectivity index is 1.11. The molecule has 1 aliphatic heterocycles. The van der Waals surface area contributed by atoms with Crippen LogP contribution in [0.15, 0.2) is 72.8 Å². The number of amides is 1. The van der Waals surface area contributed by atoms with Crippen LogP contribution in [-0.2, 0) is 24.2 Å². The predicted molar refractivity (Wildman–Crippen MR) is 124 cm³/mol. The minimum Gasteiger partial charge on any atom is -0.454 e. The molecule has 0 aliphatic carbocycles. The van der Waals surface area contributed by atoms with Crippen molar-refractivity contribution in [2.45, 2.75) is 19.4 Å². The van der Waals surface area contributed by atoms with Crippen LogP contribution < -0.4 is 19.5 Å². The molecule has 0 unspecified atom stereocenters. The highest BCUT2D eigenvalue weighted by molar-refractivity contribution is 7.07. The van der Waals surface area contributed by atoms with Crippen molar-refractivity contribution >= 4 is 17.4 Å². The molecule has 0 fully saturated rings. The number of rotatable bonds is 8. The third-order valence-electron chi connectivity index (χ3n) is 5.07. The van der Waals surface area contributed by atoms with Crippen LogP contribution in [0.1, 0.15) is 22.5 Å². The van der Waals surface area contributed by atoms with E-state index in [2.05, 4.69) is 14.7 Å². The van der Waals surface area contributed by atoms with Gasteiger partial charge in [0.25, 0.3) is 5.19 Å². The summed E-state index contributed by atoms with van der Waals surface area (Å²) >= 11 is 1.23. The van der Waals surface area contributed by atoms with Crippen molar-refractivity contribution in [3.05, 3.63) is 95.3 Å². The Morgan fingerprint density at radius 2 is 1.73 bits per heavy atom. The van der Waals surface area contributed by atoms with Crippen molar-refractivity contribution in [3.8, 4) is 22.4 Å². The first-order chi connectivity index (χ1) is 16.2. The maximum atomic E-state index is 12.3. The van der Waals surface area contributed by atoms with Crippen molar-refractivity contribution in [1.82, 2.24) is 14.7 Å². The summed E-state index contributed by atoms with van der Waals surface area (Å²) in [4.78, 5) is 16.8. The Morgan fingerprint density at radius 1 is 0.939 bits per heavy atom. The molecule has 2 heterocycles. The monoisotopic (exact) mass is 459 g/mol. The van der Waals surface area contributed by atoms with Crippen LogP contribution in [-0.4, -0.2) is 22.1 Å². The predicted octanol–water partition coefficient (Wildman–Crippen LogP) is 4.51. The zero-order valence-electron chi connectivity index (χ0n) is 17.7. The van der Waals surface area contributed by atoms with E-state index in [0.717, 1.165) is 28.3 Å². The van der Waals surface area contributed by atoms with Gasteiger partial charge in [-0.25, -0.2) is 0 Å². The molecule has 5 rings (SSSR count). The quantitative estimate of drug-likeness (QED) is 0.418. The maximum absolute atomic E-state index is 12.3. The van der Waals surface area contributed by atoms with Crippen LogP contribution in [0.3, 0.4) is 0 Å². The molecule has 0 bridgehead atoms. The van der Waals surface area contributed by atoms with E-state index >= 15 is 0 Å². The Hall–Kier alpha value is -3.91. The third-order valence-corrected chi connectivity index (χ3v) is 5.71. The number of ether oxygens (including phenoxy) is 3. The number of hydrogen-bond acceptors (Lipinski definition) is 7. The average molecular weight is 460 g/mol. The summed E-state index contributed by atoms with van der Waals surface area (Å²) in [7, 11) is 0. The molecule has 1 N–H and O–H groups in total. The molecule has 0 saturated heterocycles. The second kappa shape index (κ2) is 9.70. The van der Waals surface area contributed by atoms with Crippen LogP contribution in [0.2, 0.25) is 0 Å². The Kier molecular flexibility index (Phi) is 6.16. The molecule has 1 amide bonds. The molecule has 1 aliphatic rings. The molecule has 7 nitrogen and oxygen atoms in total. The van der Waals surface area contributed by atoms with E-state index in [0.29, 0.717) is 29.7 Å². The van der Waals surface area contributed by atoms with Gasteiger partial charge in [0, 0.05) is 24.5 Å². The summed E-state index contributed by atoms with van der Waals surface area (Å²) in [6.07, 6.45) is 0.950. The van der Waals surface area contributed by atoms with Gasteiger partial charge in [-0.05, 0) is 41.0 Å². The maximum Gasteiger partial charge on any atom is 0.298 e. The van der Waals surface area contributed by atoms with Gasteiger partial charge in [0.1, 0.15) is 5.75 Å². The number of carbonyl (C=O) groups is 1. The number of benzene rings is 3. The van der Waals surface area contributed by atoms with Gasteiger partial charge in [0.2, 0.25) is 12.7 Å². The largest absolute Gasteiger partial charge is 0.454 e. The van der Waals surface area contributed by atoms with E-state index in [1.807, 2.05) is 72.8 Å². The zero-order chi connectivity index (χ0) is 22.5. The number of fused-ring (bicyclic) bond motifs is 1. The molecule has 0 atom stereocenters. The molecule has 3 aromatic carbocycles. The van der Waals surface area contributed by atoms with Crippen molar-refractivity contribution < 1.29 is 19.0 Å². The van der Waals surface area contributed by atoms with Gasteiger partial charge in [0.15, 0.2) is 17.3 Å². The lowest BCUT2D eigenvalue weighted by Gasteiger charge is -2.07. The van der Waals surface area contributed by atoms with E-state index in [1.54, 1.807) is 0 Å². The third kappa shape index (κ3) is 5.48. The van der Waals surface area contributed by atoms with E-state index in [-0.39, 0.29) is 19.1 Å². The lowest BCUT2D eigenvalue weighted by molar-refractivity contribution is -0.120. The van der Waals surface area contributed by atoms with Crippen LogP contribution in [0.25, 0.3) is 0 Å². The van der Waals surface area contributed by atoms with Crippen LogP contribution in [0.4, 0.5) is 0 Å². The van der Waals surface area contributed by atoms with Gasteiger partial charge in [-0.15, -0.1) is 0 Å². The highest BCUT2D eigenvalue weighted by Gasteiger charge is 2.13. The molecule has 0 saturated carbocycles. The summed E-state index contributed by atoms with van der Waals surface area (Å²) in [5.41, 5.74) is 3.01. The Labute approximate surface area is 195 Å². The number of nitrogens with zero attached hydrogens (tertiary/aromatic N) is 2. The molecule has 8 heteroatoms. The SMILES string of the molecule is O=C(Cc1ccc(Oc2nc(Cc3ccccc3)ns2)cc1)NCc1ccc2c(c1)OCO2. The lowest BCUT2D eigenvalue weighted by atomic mass is 10.1. The first kappa shape index (κ1) is 21.0. The molecule has 0 spiro atoms. The molecule has 1 aromatic heterocycles. The zero-order valence-corrected chi connectivity index (χ0v) is 18.5. The minimum atomic E-state index is -0.0592. The number of nitrogens with one attached hydrogen (secondary N) is 1. The smallest absolute Gasteiger partial charge is 0.298 e. The summed E-state index contributed by atoms with van der Waals surface area (Å²) in [5.74, 6) is 2.77. The fourth-order valence-electron chi connectivity index (χ4n) is 3.41. The standard InChI is InChI=1S/C25H21N3O4S/c29-24(26-15-19-8-11-21-22(12-19)31-16-30-21)14-18-6-9-20(10-7-18)32-25-27-23(28-33-25)13-17-4-2-1-3-5-17/h1-12H,13-16H2,(H,26,29). The van der Waals surface area contributed by atoms with Crippen molar-refractivity contribution in [2.24, 2.45) is 0 Å². The number of carbonyl (C=O) groups excluding carboxylic acids is 1. The first-order valence-electron chi connectivity index (χ1n) is 10.5. The van der Waals surface area contributed by atoms with E-state index in [9.17, 15) is 4.79 Å². The van der Waals surface area contributed by atoms with Crippen molar-refractivity contribution in [2.75, 3.05) is 6.79 Å². The summed E-state index contributed by atoms with van der Waals surface area (Å²) in [5, 5.41) is 3.43. The normalized spacial score (nSPS) is 11.9. The van der Waals surface area contributed by atoms with Gasteiger partial charge in [-0.2, -0.15) is 9.36 Å². The molecular formula is C25H21N3O4S. The Morgan fingerprint density at radius 3 is 2.58 bits per heavy atom. The Bertz CT molecular complexity index is 1240. The van der Waals surface area contributed by atoms with Gasteiger partial charge in [0.05, 0.1) is 6.42 Å². The van der Waals surface area contributed by atoms with E-state index in [1.165, 1.54) is 11.5 Å². The van der Waals surface area contributed by atoms with Crippen molar-refractivity contribution in [3.63, 3.8) is 0 Å². The van der Waals surface area contributed by atoms with Gasteiger partial charge >= 0.3 is 0 Å². The van der Waals surface area contributed by atoms with Crippen LogP contribution in [0.5, 0.6) is 22.4 Å². The van der Waals surface area contributed by atoms with Gasteiger partial charge in [-0.3, -0.25) is 4.79 Å². The molecule has 4 aromatic rings. The minimum absolute atomic E-state index is 0.0592. The van der Waals surface area contributed by atoms with Gasteiger partial charge in [-0.1, -0.05) is 48.5 Å². The number of aromatic nitrogens is 2. The van der Waals surface area contributed by atoms with Crippen molar-refractivity contribution in [1.29, 1.82) is 0 Å². The fourth-order valence-corrected chi connectivity index (χ4v) is 3.97. The molecule has 0 radical (unpaired) electrons. The van der Waals surface area contributed by atoms with E-state index in [4.69, 9.17) is 14.2 Å². The molecular weight excluding hydrogens is 438 g/mol. The van der Waals surface area contributed by atoms with Crippen LogP contribution in [0, 0.1) is 0 Å². The summed E-state index contributed by atoms with van der Waals surface area (Å²) < 4.78 is 20.9. The lowest BCUT2D eigenvalue weighted by Crippen LogP contribution is -2.24. The highest BCUT2D eigenvalue weighted by Crippen LogP contribution is 2.32. The molecule has 166 valence electrons. The van der Waals surface area contributed by atoms with E-state index < -0.39 is 0 Å². The topological polar surface area (TPSA) is 82.6 Å². The highest BCUT2D eigenvalue weighted by atomic mass is 32.1.